The molecule has 0 spiro atoms. The van der Waals surface area contributed by atoms with Crippen LogP contribution in [0.1, 0.15) is 36.7 Å². The highest BCUT2D eigenvalue weighted by atomic mass is 16.4. The number of amides is 2. The van der Waals surface area contributed by atoms with Crippen LogP contribution in [0.25, 0.3) is 0 Å². The molecule has 0 bridgehead atoms. The van der Waals surface area contributed by atoms with Crippen LogP contribution >= 0.6 is 0 Å². The molecule has 23 heavy (non-hydrogen) atoms. The Morgan fingerprint density at radius 3 is 2.70 bits per heavy atom. The van der Waals surface area contributed by atoms with E-state index in [2.05, 4.69) is 4.98 Å². The molecule has 1 aliphatic rings. The second-order valence-electron chi connectivity index (χ2n) is 5.63. The van der Waals surface area contributed by atoms with Crippen LogP contribution in [0.4, 0.5) is 0 Å². The van der Waals surface area contributed by atoms with Crippen LogP contribution in [-0.2, 0) is 9.59 Å². The van der Waals surface area contributed by atoms with Gasteiger partial charge in [-0.2, -0.15) is 0 Å². The van der Waals surface area contributed by atoms with Gasteiger partial charge in [0, 0.05) is 32.3 Å². The minimum Gasteiger partial charge on any atom is -0.480 e. The molecule has 1 aromatic rings. The molecule has 1 atom stereocenters. The highest BCUT2D eigenvalue weighted by Crippen LogP contribution is 2.18. The van der Waals surface area contributed by atoms with E-state index < -0.39 is 5.97 Å². The van der Waals surface area contributed by atoms with E-state index in [1.807, 2.05) is 0 Å². The van der Waals surface area contributed by atoms with Crippen molar-refractivity contribution in [3.05, 3.63) is 30.1 Å². The maximum Gasteiger partial charge on any atom is 0.323 e. The molecule has 0 radical (unpaired) electrons. The Morgan fingerprint density at radius 2 is 2.09 bits per heavy atom. The lowest BCUT2D eigenvalue weighted by Gasteiger charge is -2.28. The summed E-state index contributed by atoms with van der Waals surface area (Å²) in [5.41, 5.74) is 0.403. The zero-order valence-corrected chi connectivity index (χ0v) is 13.1. The molecule has 0 aromatic carbocycles. The van der Waals surface area contributed by atoms with Crippen molar-refractivity contribution in [2.75, 3.05) is 19.6 Å². The van der Waals surface area contributed by atoms with Gasteiger partial charge in [-0.1, -0.05) is 6.07 Å². The number of hydrogen-bond acceptors (Lipinski definition) is 4. The van der Waals surface area contributed by atoms with Gasteiger partial charge in [-0.05, 0) is 31.4 Å². The number of hydrogen-bond donors (Lipinski definition) is 1. The van der Waals surface area contributed by atoms with Gasteiger partial charge in [0.15, 0.2) is 0 Å². The van der Waals surface area contributed by atoms with Crippen LogP contribution < -0.4 is 0 Å². The number of likely N-dealkylation sites (tertiary alicyclic amines) is 1. The third-order valence-electron chi connectivity index (χ3n) is 4.02. The lowest BCUT2D eigenvalue weighted by atomic mass is 10.1. The fourth-order valence-electron chi connectivity index (χ4n) is 2.89. The molecule has 2 heterocycles. The molecule has 1 saturated heterocycles. The van der Waals surface area contributed by atoms with Gasteiger partial charge < -0.3 is 14.9 Å². The molecular weight excluding hydrogens is 298 g/mol. The van der Waals surface area contributed by atoms with Gasteiger partial charge in [0.25, 0.3) is 5.91 Å². The minimum absolute atomic E-state index is 0.126. The summed E-state index contributed by atoms with van der Waals surface area (Å²) in [7, 11) is 0. The number of nitrogens with zero attached hydrogens (tertiary/aromatic N) is 3. The Hall–Kier alpha value is -2.44. The van der Waals surface area contributed by atoms with Gasteiger partial charge in [0.1, 0.15) is 12.2 Å². The second kappa shape index (κ2) is 7.71. The Kier molecular flexibility index (Phi) is 5.67. The topological polar surface area (TPSA) is 90.8 Å². The van der Waals surface area contributed by atoms with Crippen LogP contribution in [0.2, 0.25) is 0 Å². The number of carbonyl (C=O) groups excluding carboxylic acids is 2. The third kappa shape index (κ3) is 4.51. The van der Waals surface area contributed by atoms with Crippen molar-refractivity contribution in [2.24, 2.45) is 0 Å². The number of pyridine rings is 1. The molecule has 0 unspecified atom stereocenters. The summed E-state index contributed by atoms with van der Waals surface area (Å²) >= 11 is 0. The van der Waals surface area contributed by atoms with Crippen molar-refractivity contribution in [3.63, 3.8) is 0 Å². The second-order valence-corrected chi connectivity index (χ2v) is 5.63. The number of carbonyl (C=O) groups is 3. The summed E-state index contributed by atoms with van der Waals surface area (Å²) in [6.45, 7) is 2.16. The Labute approximate surface area is 134 Å². The number of aliphatic carboxylic acids is 1. The van der Waals surface area contributed by atoms with Crippen molar-refractivity contribution in [2.45, 2.75) is 32.2 Å². The van der Waals surface area contributed by atoms with Crippen LogP contribution in [-0.4, -0.2) is 63.4 Å². The summed E-state index contributed by atoms with van der Waals surface area (Å²) in [6, 6.07) is 5.05. The Morgan fingerprint density at radius 1 is 1.30 bits per heavy atom. The molecular formula is C16H21N3O4. The Balaban J connectivity index is 2.02. The average molecular weight is 319 g/mol. The number of rotatable bonds is 4. The van der Waals surface area contributed by atoms with E-state index in [0.29, 0.717) is 31.6 Å². The molecule has 7 heteroatoms. The smallest absolute Gasteiger partial charge is 0.323 e. The van der Waals surface area contributed by atoms with Gasteiger partial charge >= 0.3 is 5.97 Å². The van der Waals surface area contributed by atoms with Gasteiger partial charge in [-0.3, -0.25) is 19.4 Å². The quantitative estimate of drug-likeness (QED) is 0.894. The largest absolute Gasteiger partial charge is 0.480 e. The zero-order chi connectivity index (χ0) is 16.8. The van der Waals surface area contributed by atoms with E-state index in [-0.39, 0.29) is 24.4 Å². The van der Waals surface area contributed by atoms with Gasteiger partial charge in [-0.25, -0.2) is 0 Å². The summed E-state index contributed by atoms with van der Waals surface area (Å²) < 4.78 is 0. The zero-order valence-electron chi connectivity index (χ0n) is 13.1. The van der Waals surface area contributed by atoms with E-state index in [1.165, 1.54) is 11.8 Å². The van der Waals surface area contributed by atoms with E-state index in [9.17, 15) is 14.4 Å². The summed E-state index contributed by atoms with van der Waals surface area (Å²) in [5.74, 6) is -1.40. The van der Waals surface area contributed by atoms with Crippen molar-refractivity contribution < 1.29 is 19.5 Å². The predicted octanol–water partition coefficient (Wildman–Crippen LogP) is 1.01. The number of aromatic nitrogens is 1. The van der Waals surface area contributed by atoms with Crippen LogP contribution in [0.3, 0.4) is 0 Å². The molecule has 2 rings (SSSR count). The maximum absolute atomic E-state index is 12.4. The van der Waals surface area contributed by atoms with Crippen molar-refractivity contribution in [1.82, 2.24) is 14.8 Å². The first kappa shape index (κ1) is 16.9. The molecule has 7 nitrogen and oxygen atoms in total. The summed E-state index contributed by atoms with van der Waals surface area (Å²) in [4.78, 5) is 42.2. The molecule has 0 saturated carbocycles. The van der Waals surface area contributed by atoms with Crippen molar-refractivity contribution in [1.29, 1.82) is 0 Å². The normalized spacial score (nSPS) is 18.1. The molecule has 1 N–H and O–H groups in total. The fraction of sp³-hybridized carbons (Fsp3) is 0.500. The third-order valence-corrected chi connectivity index (χ3v) is 4.02. The first-order chi connectivity index (χ1) is 11.0. The van der Waals surface area contributed by atoms with Gasteiger partial charge in [0.2, 0.25) is 5.91 Å². The number of carboxylic acid groups (broad SMARTS) is 1. The van der Waals surface area contributed by atoms with Crippen molar-refractivity contribution in [3.8, 4) is 0 Å². The van der Waals surface area contributed by atoms with Crippen LogP contribution in [0, 0.1) is 0 Å². The van der Waals surface area contributed by atoms with E-state index in [0.717, 1.165) is 6.42 Å². The van der Waals surface area contributed by atoms with E-state index in [1.54, 1.807) is 29.3 Å². The average Bonchev–Trinajstić information content (AvgIpc) is 2.78. The van der Waals surface area contributed by atoms with Crippen molar-refractivity contribution >= 4 is 17.8 Å². The molecule has 0 aliphatic carbocycles. The first-order valence-corrected chi connectivity index (χ1v) is 7.68. The van der Waals surface area contributed by atoms with Gasteiger partial charge in [0.05, 0.1) is 0 Å². The molecule has 1 aromatic heterocycles. The van der Waals surface area contributed by atoms with E-state index in [4.69, 9.17) is 5.11 Å². The first-order valence-electron chi connectivity index (χ1n) is 7.68. The fourth-order valence-corrected chi connectivity index (χ4v) is 2.89. The standard InChI is InChI=1S/C16H21N3O4/c1-12(20)19(11-15(21)22)13-5-4-9-18(10-7-13)16(23)14-6-2-3-8-17-14/h2-3,6,8,13H,4-5,7,9-11H2,1H3,(H,21,22)/t13-/m1/s1. The maximum atomic E-state index is 12.4. The predicted molar refractivity (Wildman–Crippen MR) is 82.8 cm³/mol. The van der Waals surface area contributed by atoms with E-state index >= 15 is 0 Å². The lowest BCUT2D eigenvalue weighted by Crippen LogP contribution is -2.43. The summed E-state index contributed by atoms with van der Waals surface area (Å²) in [6.07, 6.45) is 3.58. The molecule has 2 amide bonds. The summed E-state index contributed by atoms with van der Waals surface area (Å²) in [5, 5.41) is 8.96. The molecule has 1 fully saturated rings. The molecule has 124 valence electrons. The minimum atomic E-state index is -1.02. The van der Waals surface area contributed by atoms with Crippen LogP contribution in [0.15, 0.2) is 24.4 Å². The van der Waals surface area contributed by atoms with Gasteiger partial charge in [-0.15, -0.1) is 0 Å². The Bertz CT molecular complexity index is 576. The molecule has 1 aliphatic heterocycles. The SMILES string of the molecule is CC(=O)N(CC(=O)O)[C@@H]1CCCN(C(=O)c2ccccn2)CC1. The van der Waals surface area contributed by atoms with Crippen LogP contribution in [0.5, 0.6) is 0 Å². The highest BCUT2D eigenvalue weighted by Gasteiger charge is 2.28. The monoisotopic (exact) mass is 319 g/mol. The highest BCUT2D eigenvalue weighted by molar-refractivity contribution is 5.92. The lowest BCUT2D eigenvalue weighted by molar-refractivity contribution is -0.145. The number of carboxylic acids is 1.